The molecule has 22 heavy (non-hydrogen) atoms. The van der Waals surface area contributed by atoms with E-state index in [4.69, 9.17) is 9.51 Å². The molecule has 4 nitrogen and oxygen atoms in total. The molecule has 0 spiro atoms. The predicted molar refractivity (Wildman–Crippen MR) is 93.2 cm³/mol. The maximum atomic E-state index is 11.6. The minimum absolute atomic E-state index is 0.261. The molecule has 1 aromatic heterocycles. The fraction of sp³-hybridized carbons (Fsp3) is 0.588. The van der Waals surface area contributed by atoms with Gasteiger partial charge in [-0.2, -0.15) is 0 Å². The second-order valence-electron chi connectivity index (χ2n) is 6.90. The van der Waals surface area contributed by atoms with Gasteiger partial charge in [0.1, 0.15) is 11.5 Å². The Morgan fingerprint density at radius 2 is 1.82 bits per heavy atom. The third kappa shape index (κ3) is 3.28. The number of hydrogen-bond acceptors (Lipinski definition) is 3. The van der Waals surface area contributed by atoms with Gasteiger partial charge in [0.15, 0.2) is 8.03 Å². The quantitative estimate of drug-likeness (QED) is 0.720. The number of rotatable bonds is 5. The molecule has 0 aliphatic carbocycles. The van der Waals surface area contributed by atoms with Gasteiger partial charge in [0.25, 0.3) is 0 Å². The first-order valence-electron chi connectivity index (χ1n) is 7.86. The van der Waals surface area contributed by atoms with Crippen molar-refractivity contribution in [3.8, 4) is 0 Å². The third-order valence-electron chi connectivity index (χ3n) is 3.82. The summed E-state index contributed by atoms with van der Waals surface area (Å²) < 4.78 is 19.5. The van der Waals surface area contributed by atoms with Crippen molar-refractivity contribution in [3.05, 3.63) is 29.6 Å². The van der Waals surface area contributed by atoms with E-state index in [1.54, 1.807) is 6.66 Å². The standard InChI is InChI=1S/C17H27N2O2P/c1-11(2)13-8-9-15-14(10-13)18-16(12(3)4)19(15)17(5,6)21-22(7)20/h8-12,22H,1-7H3. The molecule has 0 saturated carbocycles. The minimum atomic E-state index is -2.05. The molecule has 1 aromatic carbocycles. The van der Waals surface area contributed by atoms with Crippen LogP contribution in [0.25, 0.3) is 11.0 Å². The molecular formula is C17H27N2O2P. The molecule has 122 valence electrons. The zero-order chi connectivity index (χ0) is 16.7. The first kappa shape index (κ1) is 17.2. The van der Waals surface area contributed by atoms with Crippen molar-refractivity contribution in [2.24, 2.45) is 0 Å². The number of nitrogens with zero attached hydrogens (tertiary/aromatic N) is 2. The van der Waals surface area contributed by atoms with Crippen LogP contribution in [-0.4, -0.2) is 16.2 Å². The van der Waals surface area contributed by atoms with E-state index in [2.05, 4.69) is 50.5 Å². The lowest BCUT2D eigenvalue weighted by Crippen LogP contribution is -2.29. The highest BCUT2D eigenvalue weighted by Gasteiger charge is 2.29. The van der Waals surface area contributed by atoms with E-state index >= 15 is 0 Å². The summed E-state index contributed by atoms with van der Waals surface area (Å²) in [5.74, 6) is 1.69. The lowest BCUT2D eigenvalue weighted by molar-refractivity contribution is 0.0418. The number of aromatic nitrogens is 2. The summed E-state index contributed by atoms with van der Waals surface area (Å²) in [5, 5.41) is 0. The Labute approximate surface area is 133 Å². The normalized spacial score (nSPS) is 14.2. The number of hydrogen-bond donors (Lipinski definition) is 0. The third-order valence-corrected chi connectivity index (χ3v) is 4.61. The smallest absolute Gasteiger partial charge is 0.190 e. The molecular weight excluding hydrogens is 295 g/mol. The summed E-state index contributed by atoms with van der Waals surface area (Å²) in [4.78, 5) is 4.82. The zero-order valence-corrected chi connectivity index (χ0v) is 15.6. The molecule has 0 amide bonds. The van der Waals surface area contributed by atoms with E-state index in [0.29, 0.717) is 5.92 Å². The number of benzene rings is 1. The van der Waals surface area contributed by atoms with Crippen LogP contribution in [0.4, 0.5) is 0 Å². The lowest BCUT2D eigenvalue weighted by atomic mass is 10.0. The largest absolute Gasteiger partial charge is 0.304 e. The van der Waals surface area contributed by atoms with Crippen molar-refractivity contribution in [3.63, 3.8) is 0 Å². The Morgan fingerprint density at radius 1 is 1.18 bits per heavy atom. The lowest BCUT2D eigenvalue weighted by Gasteiger charge is -2.29. The van der Waals surface area contributed by atoms with Crippen LogP contribution < -0.4 is 0 Å². The van der Waals surface area contributed by atoms with E-state index in [0.717, 1.165) is 16.9 Å². The SMILES string of the molecule is CC(C)c1ccc2c(c1)nc(C(C)C)n2C(C)(C)O[PH](C)=O. The van der Waals surface area contributed by atoms with Crippen LogP contribution in [0.2, 0.25) is 0 Å². The van der Waals surface area contributed by atoms with Gasteiger partial charge < -0.3 is 4.52 Å². The van der Waals surface area contributed by atoms with Crippen molar-refractivity contribution in [2.75, 3.05) is 6.66 Å². The molecule has 1 unspecified atom stereocenters. The highest BCUT2D eigenvalue weighted by atomic mass is 31.1. The second-order valence-corrected chi connectivity index (χ2v) is 8.09. The minimum Gasteiger partial charge on any atom is -0.304 e. The van der Waals surface area contributed by atoms with E-state index < -0.39 is 13.8 Å². The average molecular weight is 322 g/mol. The number of fused-ring (bicyclic) bond motifs is 1. The van der Waals surface area contributed by atoms with Gasteiger partial charge in [-0.25, -0.2) is 4.98 Å². The Hall–Kier alpha value is -1.12. The van der Waals surface area contributed by atoms with Crippen molar-refractivity contribution < 1.29 is 9.09 Å². The van der Waals surface area contributed by atoms with Crippen molar-refractivity contribution in [1.29, 1.82) is 0 Å². The topological polar surface area (TPSA) is 44.1 Å². The van der Waals surface area contributed by atoms with Crippen LogP contribution in [-0.2, 0) is 14.8 Å². The zero-order valence-electron chi connectivity index (χ0n) is 14.6. The molecule has 0 bridgehead atoms. The summed E-state index contributed by atoms with van der Waals surface area (Å²) in [6, 6.07) is 6.38. The summed E-state index contributed by atoms with van der Waals surface area (Å²) >= 11 is 0. The van der Waals surface area contributed by atoms with E-state index in [1.807, 2.05) is 13.8 Å². The highest BCUT2D eigenvalue weighted by molar-refractivity contribution is 7.38. The van der Waals surface area contributed by atoms with E-state index in [9.17, 15) is 4.57 Å². The Kier molecular flexibility index (Phi) is 4.84. The molecule has 0 aliphatic rings. The molecule has 0 N–H and O–H groups in total. The molecule has 1 heterocycles. The fourth-order valence-electron chi connectivity index (χ4n) is 2.83. The maximum absolute atomic E-state index is 11.6. The first-order chi connectivity index (χ1) is 10.1. The van der Waals surface area contributed by atoms with Gasteiger partial charge in [0.05, 0.1) is 11.0 Å². The Bertz CT molecular complexity index is 702. The maximum Gasteiger partial charge on any atom is 0.190 e. The van der Waals surface area contributed by atoms with Gasteiger partial charge in [0.2, 0.25) is 0 Å². The monoisotopic (exact) mass is 322 g/mol. The summed E-state index contributed by atoms with van der Waals surface area (Å²) in [7, 11) is -2.05. The van der Waals surface area contributed by atoms with Gasteiger partial charge in [-0.1, -0.05) is 33.8 Å². The molecule has 0 fully saturated rings. The van der Waals surface area contributed by atoms with Gasteiger partial charge in [0, 0.05) is 12.6 Å². The molecule has 0 aliphatic heterocycles. The number of imidazole rings is 1. The summed E-state index contributed by atoms with van der Waals surface area (Å²) in [6.07, 6.45) is 0. The van der Waals surface area contributed by atoms with Crippen LogP contribution in [0.15, 0.2) is 18.2 Å². The van der Waals surface area contributed by atoms with Gasteiger partial charge in [-0.05, 0) is 37.5 Å². The Morgan fingerprint density at radius 3 is 2.32 bits per heavy atom. The van der Waals surface area contributed by atoms with Gasteiger partial charge >= 0.3 is 0 Å². The second kappa shape index (κ2) is 6.17. The van der Waals surface area contributed by atoms with Crippen LogP contribution in [0, 0.1) is 0 Å². The molecule has 1 atom stereocenters. The van der Waals surface area contributed by atoms with Crippen molar-refractivity contribution >= 4 is 19.1 Å². The van der Waals surface area contributed by atoms with Crippen LogP contribution in [0.1, 0.15) is 64.8 Å². The summed E-state index contributed by atoms with van der Waals surface area (Å²) in [5.41, 5.74) is 2.59. The fourth-order valence-corrected chi connectivity index (χ4v) is 3.62. The highest BCUT2D eigenvalue weighted by Crippen LogP contribution is 2.36. The first-order valence-corrected chi connectivity index (χ1v) is 9.67. The van der Waals surface area contributed by atoms with Gasteiger partial charge in [-0.3, -0.25) is 9.13 Å². The van der Waals surface area contributed by atoms with Crippen LogP contribution in [0.5, 0.6) is 0 Å². The van der Waals surface area contributed by atoms with Crippen molar-refractivity contribution in [1.82, 2.24) is 9.55 Å². The van der Waals surface area contributed by atoms with E-state index in [-0.39, 0.29) is 5.92 Å². The molecule has 2 rings (SSSR count). The molecule has 0 saturated heterocycles. The van der Waals surface area contributed by atoms with Crippen LogP contribution >= 0.6 is 8.03 Å². The van der Waals surface area contributed by atoms with Crippen molar-refractivity contribution in [2.45, 2.75) is 59.1 Å². The summed E-state index contributed by atoms with van der Waals surface area (Å²) in [6.45, 7) is 14.1. The van der Waals surface area contributed by atoms with Crippen LogP contribution in [0.3, 0.4) is 0 Å². The molecule has 2 aromatic rings. The molecule has 0 radical (unpaired) electrons. The Balaban J connectivity index is 2.70. The molecule has 5 heteroatoms. The van der Waals surface area contributed by atoms with E-state index in [1.165, 1.54) is 5.56 Å². The predicted octanol–water partition coefficient (Wildman–Crippen LogP) is 5.10. The van der Waals surface area contributed by atoms with Gasteiger partial charge in [-0.15, -0.1) is 0 Å². The average Bonchev–Trinajstić information content (AvgIpc) is 2.76.